The minimum absolute atomic E-state index is 0.00120. The summed E-state index contributed by atoms with van der Waals surface area (Å²) in [5, 5.41) is 0. The van der Waals surface area contributed by atoms with Gasteiger partial charge in [-0.1, -0.05) is 36.4 Å². The van der Waals surface area contributed by atoms with Crippen LogP contribution in [0.15, 0.2) is 48.6 Å². The number of rotatable bonds is 1. The number of hydrogen-bond donors (Lipinski definition) is 0. The molecule has 0 saturated carbocycles. The lowest BCUT2D eigenvalue weighted by Gasteiger charge is -2.31. The molecular weight excluding hydrogens is 200 g/mol. The number of benzene rings is 1. The molecule has 4 rings (SSSR count). The van der Waals surface area contributed by atoms with E-state index in [4.69, 9.17) is 4.74 Å². The van der Waals surface area contributed by atoms with Gasteiger partial charge in [-0.2, -0.15) is 0 Å². The maximum atomic E-state index is 12.1. The molecule has 3 aliphatic rings. The summed E-state index contributed by atoms with van der Waals surface area (Å²) in [6.07, 6.45) is 7.48. The van der Waals surface area contributed by atoms with Gasteiger partial charge in [-0.25, -0.2) is 0 Å². The predicted molar refractivity (Wildman–Crippen MR) is 61.2 cm³/mol. The highest BCUT2D eigenvalue weighted by atomic mass is 16.5. The molecule has 16 heavy (non-hydrogen) atoms. The lowest BCUT2D eigenvalue weighted by atomic mass is 9.79. The van der Waals surface area contributed by atoms with Gasteiger partial charge in [-0.05, 0) is 23.3 Å². The molecule has 0 N–H and O–H groups in total. The molecule has 80 valence electrons. The fourth-order valence-corrected chi connectivity index (χ4v) is 2.53. The Labute approximate surface area is 94.2 Å². The summed E-state index contributed by atoms with van der Waals surface area (Å²) < 4.78 is 5.50. The lowest BCUT2D eigenvalue weighted by Crippen LogP contribution is -2.36. The van der Waals surface area contributed by atoms with E-state index in [-0.39, 0.29) is 11.7 Å². The maximum Gasteiger partial charge on any atom is 0.195 e. The zero-order valence-corrected chi connectivity index (χ0v) is 9.01. The van der Waals surface area contributed by atoms with Crippen molar-refractivity contribution in [3.63, 3.8) is 0 Å². The van der Waals surface area contributed by atoms with E-state index < -0.39 is 5.60 Å². The second-order valence-corrected chi connectivity index (χ2v) is 4.14. The van der Waals surface area contributed by atoms with Gasteiger partial charge in [0.25, 0.3) is 0 Å². The number of carbonyl (C=O) groups excluding carboxylic acids is 1. The summed E-state index contributed by atoms with van der Waals surface area (Å²) in [5.41, 5.74) is 1.23. The molecular formula is C14H12O2. The minimum atomic E-state index is -0.903. The highest BCUT2D eigenvalue weighted by Crippen LogP contribution is 2.42. The Morgan fingerprint density at radius 2 is 2.06 bits per heavy atom. The summed E-state index contributed by atoms with van der Waals surface area (Å²) in [7, 11) is 1.58. The molecule has 0 spiro atoms. The molecule has 2 bridgehead atoms. The van der Waals surface area contributed by atoms with E-state index >= 15 is 0 Å². The second kappa shape index (κ2) is 3.16. The van der Waals surface area contributed by atoms with Gasteiger partial charge in [0, 0.05) is 13.0 Å². The van der Waals surface area contributed by atoms with Gasteiger partial charge in [0.05, 0.1) is 0 Å². The van der Waals surface area contributed by atoms with E-state index in [0.29, 0.717) is 0 Å². The third kappa shape index (κ3) is 1.02. The molecule has 0 saturated heterocycles. The first-order valence-electron chi connectivity index (χ1n) is 5.34. The van der Waals surface area contributed by atoms with E-state index in [2.05, 4.69) is 6.07 Å². The van der Waals surface area contributed by atoms with Crippen molar-refractivity contribution in [2.45, 2.75) is 11.5 Å². The molecule has 1 aromatic rings. The topological polar surface area (TPSA) is 26.3 Å². The van der Waals surface area contributed by atoms with E-state index in [9.17, 15) is 4.79 Å². The molecule has 3 aliphatic carbocycles. The van der Waals surface area contributed by atoms with Crippen molar-refractivity contribution < 1.29 is 9.53 Å². The zero-order valence-electron chi connectivity index (χ0n) is 9.01. The van der Waals surface area contributed by atoms with Crippen LogP contribution in [0.1, 0.15) is 17.0 Å². The third-order valence-corrected chi connectivity index (χ3v) is 3.40. The van der Waals surface area contributed by atoms with Crippen molar-refractivity contribution in [2.24, 2.45) is 0 Å². The average molecular weight is 212 g/mol. The lowest BCUT2D eigenvalue weighted by molar-refractivity contribution is -0.131. The molecule has 0 heterocycles. The standard InChI is InChI=1S/C14H12O2/c1-16-14-9-8-10(6-7-13(14)15)11-4-2-3-5-12(11)14/h2-10H,1H3. The molecule has 0 aliphatic heterocycles. The number of methoxy groups -OCH3 is 1. The summed E-state index contributed by atoms with van der Waals surface area (Å²) in [6, 6.07) is 7.97. The molecule has 2 heteroatoms. The molecule has 0 aromatic heterocycles. The first kappa shape index (κ1) is 9.55. The largest absolute Gasteiger partial charge is 0.361 e. The van der Waals surface area contributed by atoms with Crippen molar-refractivity contribution in [3.05, 3.63) is 59.7 Å². The summed E-state index contributed by atoms with van der Waals surface area (Å²) in [6.45, 7) is 0. The highest BCUT2D eigenvalue weighted by Gasteiger charge is 2.42. The minimum Gasteiger partial charge on any atom is -0.361 e. The fraction of sp³-hybridized carbons (Fsp3) is 0.214. The number of carbonyl (C=O) groups is 1. The number of fused-ring (bicyclic) bond motifs is 1. The van der Waals surface area contributed by atoms with Crippen LogP contribution in [0.4, 0.5) is 0 Å². The molecule has 1 aromatic carbocycles. The molecule has 0 radical (unpaired) electrons. The summed E-state index contributed by atoms with van der Waals surface area (Å²) in [5.74, 6) is 0.199. The SMILES string of the molecule is COC12C=CC(C=CC1=O)c1ccccc12. The van der Waals surface area contributed by atoms with E-state index in [1.807, 2.05) is 36.4 Å². The van der Waals surface area contributed by atoms with Gasteiger partial charge in [-0.3, -0.25) is 4.79 Å². The van der Waals surface area contributed by atoms with Crippen LogP contribution in [0.3, 0.4) is 0 Å². The Kier molecular flexibility index (Phi) is 1.88. The van der Waals surface area contributed by atoms with Crippen LogP contribution < -0.4 is 0 Å². The van der Waals surface area contributed by atoms with Crippen molar-refractivity contribution in [3.8, 4) is 0 Å². The van der Waals surface area contributed by atoms with Gasteiger partial charge in [-0.15, -0.1) is 0 Å². The predicted octanol–water partition coefficient (Wildman–Crippen LogP) is 2.32. The van der Waals surface area contributed by atoms with Crippen LogP contribution in [0, 0.1) is 0 Å². The van der Waals surface area contributed by atoms with Crippen molar-refractivity contribution >= 4 is 5.78 Å². The van der Waals surface area contributed by atoms with Gasteiger partial charge < -0.3 is 4.74 Å². The summed E-state index contributed by atoms with van der Waals surface area (Å²) >= 11 is 0. The van der Waals surface area contributed by atoms with Crippen LogP contribution in [0.5, 0.6) is 0 Å². The molecule has 2 nitrogen and oxygen atoms in total. The quantitative estimate of drug-likeness (QED) is 0.668. The fourth-order valence-electron chi connectivity index (χ4n) is 2.53. The monoisotopic (exact) mass is 212 g/mol. The number of hydrogen-bond acceptors (Lipinski definition) is 2. The molecule has 2 atom stereocenters. The van der Waals surface area contributed by atoms with Crippen LogP contribution in [0.2, 0.25) is 0 Å². The van der Waals surface area contributed by atoms with Gasteiger partial charge in [0.15, 0.2) is 11.4 Å². The van der Waals surface area contributed by atoms with Crippen molar-refractivity contribution in [2.75, 3.05) is 7.11 Å². The second-order valence-electron chi connectivity index (χ2n) is 4.14. The van der Waals surface area contributed by atoms with Crippen molar-refractivity contribution in [1.29, 1.82) is 0 Å². The van der Waals surface area contributed by atoms with Crippen LogP contribution >= 0.6 is 0 Å². The van der Waals surface area contributed by atoms with Crippen LogP contribution in [-0.4, -0.2) is 12.9 Å². The van der Waals surface area contributed by atoms with Gasteiger partial charge in [0.2, 0.25) is 0 Å². The van der Waals surface area contributed by atoms with E-state index in [1.165, 1.54) is 0 Å². The maximum absolute atomic E-state index is 12.1. The molecule has 2 unspecified atom stereocenters. The first-order chi connectivity index (χ1) is 7.78. The smallest absolute Gasteiger partial charge is 0.195 e. The van der Waals surface area contributed by atoms with Crippen molar-refractivity contribution in [1.82, 2.24) is 0 Å². The Bertz CT molecular complexity index is 513. The van der Waals surface area contributed by atoms with E-state index in [1.54, 1.807) is 13.2 Å². The Morgan fingerprint density at radius 3 is 2.88 bits per heavy atom. The Balaban J connectivity index is 2.35. The first-order valence-corrected chi connectivity index (χ1v) is 5.34. The number of ketones is 1. The number of allylic oxidation sites excluding steroid dienone is 2. The zero-order chi connectivity index (χ0) is 11.2. The molecule has 0 amide bonds. The van der Waals surface area contributed by atoms with Gasteiger partial charge >= 0.3 is 0 Å². The number of ether oxygens (including phenoxy) is 1. The normalized spacial score (nSPS) is 30.3. The van der Waals surface area contributed by atoms with E-state index in [0.717, 1.165) is 11.1 Å². The summed E-state index contributed by atoms with van der Waals surface area (Å²) in [4.78, 5) is 12.1. The van der Waals surface area contributed by atoms with Gasteiger partial charge in [0.1, 0.15) is 0 Å². The third-order valence-electron chi connectivity index (χ3n) is 3.40. The Morgan fingerprint density at radius 1 is 1.25 bits per heavy atom. The average Bonchev–Trinajstić information content (AvgIpc) is 2.57. The molecule has 0 fully saturated rings. The Hall–Kier alpha value is -1.67. The van der Waals surface area contributed by atoms with Crippen LogP contribution in [0.25, 0.3) is 0 Å². The highest BCUT2D eigenvalue weighted by molar-refractivity contribution is 6.01. The van der Waals surface area contributed by atoms with Crippen LogP contribution in [-0.2, 0) is 15.1 Å².